The smallest absolute Gasteiger partial charge is 0.200 e. The Labute approximate surface area is 77.7 Å². The fourth-order valence-corrected chi connectivity index (χ4v) is 0.983. The minimum atomic E-state index is -0.427. The molecule has 1 aromatic heterocycles. The van der Waals surface area contributed by atoms with Gasteiger partial charge in [-0.3, -0.25) is 4.79 Å². The zero-order valence-electron chi connectivity index (χ0n) is 8.16. The number of carbonyl (C=O) groups is 1. The summed E-state index contributed by atoms with van der Waals surface area (Å²) in [5.74, 6) is 0.363. The lowest BCUT2D eigenvalue weighted by molar-refractivity contribution is 0.0164. The van der Waals surface area contributed by atoms with Gasteiger partial charge < -0.3 is 9.15 Å². The molecule has 0 aromatic carbocycles. The van der Waals surface area contributed by atoms with Crippen molar-refractivity contribution in [1.82, 2.24) is 0 Å². The second kappa shape index (κ2) is 3.75. The maximum atomic E-state index is 11.5. The minimum Gasteiger partial charge on any atom is -0.461 e. The number of Topliss-reactive ketones (excluding diaryl/α,β-unsaturated/α-hetero) is 1. The predicted octanol–water partition coefficient (Wildman–Crippen LogP) is 2.28. The molecule has 0 fully saturated rings. The van der Waals surface area contributed by atoms with Crippen molar-refractivity contribution >= 4 is 5.78 Å². The second-order valence-electron chi connectivity index (χ2n) is 3.54. The highest BCUT2D eigenvalue weighted by atomic mass is 16.5. The summed E-state index contributed by atoms with van der Waals surface area (Å²) in [5, 5.41) is 0. The molecule has 72 valence electrons. The van der Waals surface area contributed by atoms with Crippen molar-refractivity contribution in [2.45, 2.75) is 25.9 Å². The van der Waals surface area contributed by atoms with E-state index in [1.165, 1.54) is 6.26 Å². The molecular formula is C10H14O3. The van der Waals surface area contributed by atoms with Crippen LogP contribution in [0.5, 0.6) is 0 Å². The van der Waals surface area contributed by atoms with Gasteiger partial charge in [-0.25, -0.2) is 0 Å². The number of carbonyl (C=O) groups excluding carboxylic acids is 1. The monoisotopic (exact) mass is 182 g/mol. The van der Waals surface area contributed by atoms with Crippen LogP contribution < -0.4 is 0 Å². The summed E-state index contributed by atoms with van der Waals surface area (Å²) in [6, 6.07) is 3.36. The Bertz CT molecular complexity index is 272. The van der Waals surface area contributed by atoms with E-state index < -0.39 is 5.60 Å². The molecule has 0 saturated carbocycles. The third kappa shape index (κ3) is 2.70. The van der Waals surface area contributed by atoms with E-state index in [0.717, 1.165) is 0 Å². The molecule has 0 N–H and O–H groups in total. The van der Waals surface area contributed by atoms with E-state index in [4.69, 9.17) is 9.15 Å². The van der Waals surface area contributed by atoms with Crippen LogP contribution in [0.1, 0.15) is 30.8 Å². The number of methoxy groups -OCH3 is 1. The number of furan rings is 1. The zero-order valence-corrected chi connectivity index (χ0v) is 8.16. The lowest BCUT2D eigenvalue weighted by atomic mass is 10.0. The van der Waals surface area contributed by atoms with Gasteiger partial charge in [0.05, 0.1) is 11.9 Å². The molecule has 1 heterocycles. The molecule has 0 radical (unpaired) electrons. The van der Waals surface area contributed by atoms with E-state index in [1.807, 2.05) is 13.8 Å². The van der Waals surface area contributed by atoms with Gasteiger partial charge in [0.1, 0.15) is 0 Å². The molecule has 0 aliphatic carbocycles. The van der Waals surface area contributed by atoms with Crippen LogP contribution >= 0.6 is 0 Å². The Morgan fingerprint density at radius 3 is 2.77 bits per heavy atom. The first-order valence-corrected chi connectivity index (χ1v) is 4.17. The van der Waals surface area contributed by atoms with Crippen LogP contribution in [0.4, 0.5) is 0 Å². The molecule has 0 amide bonds. The Balaban J connectivity index is 2.61. The van der Waals surface area contributed by atoms with Gasteiger partial charge in [0, 0.05) is 13.5 Å². The van der Waals surface area contributed by atoms with Crippen molar-refractivity contribution in [3.05, 3.63) is 24.2 Å². The van der Waals surface area contributed by atoms with Crippen molar-refractivity contribution in [3.8, 4) is 0 Å². The molecule has 0 saturated heterocycles. The Hall–Kier alpha value is -1.09. The van der Waals surface area contributed by atoms with Crippen LogP contribution in [-0.4, -0.2) is 18.5 Å². The van der Waals surface area contributed by atoms with Crippen molar-refractivity contribution in [2.75, 3.05) is 7.11 Å². The Morgan fingerprint density at radius 1 is 1.62 bits per heavy atom. The molecule has 0 unspecified atom stereocenters. The quantitative estimate of drug-likeness (QED) is 0.670. The van der Waals surface area contributed by atoms with Gasteiger partial charge in [0.15, 0.2) is 5.76 Å². The fourth-order valence-electron chi connectivity index (χ4n) is 0.983. The largest absolute Gasteiger partial charge is 0.461 e. The van der Waals surface area contributed by atoms with Crippen LogP contribution in [0.15, 0.2) is 22.8 Å². The average Bonchev–Trinajstić information content (AvgIpc) is 2.55. The molecule has 13 heavy (non-hydrogen) atoms. The van der Waals surface area contributed by atoms with Crippen molar-refractivity contribution in [2.24, 2.45) is 0 Å². The third-order valence-electron chi connectivity index (χ3n) is 1.93. The van der Waals surface area contributed by atoms with Crippen LogP contribution in [0.3, 0.4) is 0 Å². The highest BCUT2D eigenvalue weighted by molar-refractivity contribution is 5.93. The SMILES string of the molecule is COC(C)(C)CC(=O)c1ccco1. The van der Waals surface area contributed by atoms with Gasteiger partial charge in [0.2, 0.25) is 5.78 Å². The second-order valence-corrected chi connectivity index (χ2v) is 3.54. The summed E-state index contributed by atoms with van der Waals surface area (Å²) in [5.41, 5.74) is -0.427. The maximum Gasteiger partial charge on any atom is 0.200 e. The third-order valence-corrected chi connectivity index (χ3v) is 1.93. The summed E-state index contributed by atoms with van der Waals surface area (Å²) in [6.45, 7) is 3.74. The van der Waals surface area contributed by atoms with Crippen molar-refractivity contribution < 1.29 is 13.9 Å². The van der Waals surface area contributed by atoms with E-state index in [1.54, 1.807) is 19.2 Å². The molecule has 0 bridgehead atoms. The van der Waals surface area contributed by atoms with Gasteiger partial charge in [-0.2, -0.15) is 0 Å². The number of ketones is 1. The number of ether oxygens (including phenoxy) is 1. The zero-order chi connectivity index (χ0) is 9.90. The highest BCUT2D eigenvalue weighted by Gasteiger charge is 2.23. The summed E-state index contributed by atoms with van der Waals surface area (Å²) in [6.07, 6.45) is 1.82. The van der Waals surface area contributed by atoms with Gasteiger partial charge in [0.25, 0.3) is 0 Å². The normalized spacial score (nSPS) is 11.6. The topological polar surface area (TPSA) is 39.4 Å². The van der Waals surface area contributed by atoms with Crippen LogP contribution in [0, 0.1) is 0 Å². The molecule has 1 rings (SSSR count). The molecule has 0 spiro atoms. The van der Waals surface area contributed by atoms with Crippen LogP contribution in [-0.2, 0) is 4.74 Å². The van der Waals surface area contributed by atoms with Gasteiger partial charge in [-0.05, 0) is 26.0 Å². The van der Waals surface area contributed by atoms with Gasteiger partial charge >= 0.3 is 0 Å². The first kappa shape index (κ1) is 9.99. The first-order valence-electron chi connectivity index (χ1n) is 4.17. The fraction of sp³-hybridized carbons (Fsp3) is 0.500. The summed E-state index contributed by atoms with van der Waals surface area (Å²) >= 11 is 0. The van der Waals surface area contributed by atoms with Gasteiger partial charge in [-0.1, -0.05) is 0 Å². The number of rotatable bonds is 4. The highest BCUT2D eigenvalue weighted by Crippen LogP contribution is 2.16. The van der Waals surface area contributed by atoms with E-state index in [0.29, 0.717) is 12.2 Å². The van der Waals surface area contributed by atoms with E-state index >= 15 is 0 Å². The number of hydrogen-bond donors (Lipinski definition) is 0. The minimum absolute atomic E-state index is 0.0307. The summed E-state index contributed by atoms with van der Waals surface area (Å²) < 4.78 is 10.1. The van der Waals surface area contributed by atoms with Crippen molar-refractivity contribution in [3.63, 3.8) is 0 Å². The average molecular weight is 182 g/mol. The summed E-state index contributed by atoms with van der Waals surface area (Å²) in [4.78, 5) is 11.5. The van der Waals surface area contributed by atoms with Gasteiger partial charge in [-0.15, -0.1) is 0 Å². The summed E-state index contributed by atoms with van der Waals surface area (Å²) in [7, 11) is 1.59. The van der Waals surface area contributed by atoms with Crippen LogP contribution in [0.25, 0.3) is 0 Å². The maximum absolute atomic E-state index is 11.5. The molecule has 3 nitrogen and oxygen atoms in total. The lowest BCUT2D eigenvalue weighted by Crippen LogP contribution is -2.26. The molecule has 0 aliphatic rings. The standard InChI is InChI=1S/C10H14O3/c1-10(2,12-3)7-8(11)9-5-4-6-13-9/h4-6H,7H2,1-3H3. The van der Waals surface area contributed by atoms with Crippen molar-refractivity contribution in [1.29, 1.82) is 0 Å². The molecule has 3 heteroatoms. The lowest BCUT2D eigenvalue weighted by Gasteiger charge is -2.20. The van der Waals surface area contributed by atoms with E-state index in [-0.39, 0.29) is 5.78 Å². The molecule has 0 aliphatic heterocycles. The Kier molecular flexibility index (Phi) is 2.88. The molecule has 0 atom stereocenters. The number of hydrogen-bond acceptors (Lipinski definition) is 3. The van der Waals surface area contributed by atoms with Crippen LogP contribution in [0.2, 0.25) is 0 Å². The molecular weight excluding hydrogens is 168 g/mol. The first-order chi connectivity index (χ1) is 6.05. The van der Waals surface area contributed by atoms with E-state index in [2.05, 4.69) is 0 Å². The molecule has 1 aromatic rings. The predicted molar refractivity (Wildman–Crippen MR) is 48.7 cm³/mol. The Morgan fingerprint density at radius 2 is 2.31 bits per heavy atom. The van der Waals surface area contributed by atoms with E-state index in [9.17, 15) is 4.79 Å².